The van der Waals surface area contributed by atoms with Crippen LogP contribution in [0.15, 0.2) is 52.1 Å². The van der Waals surface area contributed by atoms with Crippen LogP contribution < -0.4 is 10.2 Å². The van der Waals surface area contributed by atoms with Gasteiger partial charge in [0.1, 0.15) is 16.4 Å². The highest BCUT2D eigenvalue weighted by Crippen LogP contribution is 2.28. The number of nitro groups is 1. The largest absolute Gasteiger partial charge is 0.497 e. The van der Waals surface area contributed by atoms with Crippen LogP contribution in [0.5, 0.6) is 5.75 Å². The molecule has 3 aromatic rings. The molecule has 0 saturated carbocycles. The third-order valence-corrected chi connectivity index (χ3v) is 3.51. The number of hydrogen-bond donors (Lipinski definition) is 1. The lowest BCUT2D eigenvalue weighted by Crippen LogP contribution is -2.12. The Kier molecular flexibility index (Phi) is 4.97. The van der Waals surface area contributed by atoms with Crippen molar-refractivity contribution in [3.63, 3.8) is 0 Å². The van der Waals surface area contributed by atoms with Crippen LogP contribution in [-0.2, 0) is 4.79 Å². The normalized spacial score (nSPS) is 10.9. The maximum absolute atomic E-state index is 11.0. The molecule has 0 aliphatic rings. The minimum atomic E-state index is -0.630. The SMILES string of the molecule is COc1ccc(-n2cc(C=NNC(C)=O)c(-c3ccc([N+](=O)[O-])o3)n2)cc1. The summed E-state index contributed by atoms with van der Waals surface area (Å²) in [5.41, 5.74) is 3.88. The lowest BCUT2D eigenvalue weighted by Gasteiger charge is -2.02. The Morgan fingerprint density at radius 3 is 2.67 bits per heavy atom. The summed E-state index contributed by atoms with van der Waals surface area (Å²) >= 11 is 0. The number of methoxy groups -OCH3 is 1. The molecule has 0 fully saturated rings. The molecular weight excluding hydrogens is 354 g/mol. The van der Waals surface area contributed by atoms with Crippen LogP contribution in [-0.4, -0.2) is 33.9 Å². The summed E-state index contributed by atoms with van der Waals surface area (Å²) < 4.78 is 11.9. The molecule has 0 aliphatic carbocycles. The number of ether oxygens (including phenoxy) is 1. The smallest absolute Gasteiger partial charge is 0.433 e. The molecule has 0 aliphatic heterocycles. The third-order valence-electron chi connectivity index (χ3n) is 3.51. The molecule has 10 nitrogen and oxygen atoms in total. The number of nitrogens with zero attached hydrogens (tertiary/aromatic N) is 4. The second kappa shape index (κ2) is 7.52. The first-order chi connectivity index (χ1) is 13.0. The van der Waals surface area contributed by atoms with Crippen molar-refractivity contribution in [3.05, 3.63) is 58.3 Å². The van der Waals surface area contributed by atoms with Gasteiger partial charge in [0.2, 0.25) is 5.91 Å². The fourth-order valence-electron chi connectivity index (χ4n) is 2.29. The van der Waals surface area contributed by atoms with Gasteiger partial charge in [0, 0.05) is 18.7 Å². The van der Waals surface area contributed by atoms with Crippen molar-refractivity contribution in [2.75, 3.05) is 7.11 Å². The van der Waals surface area contributed by atoms with E-state index < -0.39 is 10.8 Å². The van der Waals surface area contributed by atoms with Gasteiger partial charge in [-0.05, 0) is 30.3 Å². The zero-order chi connectivity index (χ0) is 19.4. The van der Waals surface area contributed by atoms with E-state index in [2.05, 4.69) is 15.6 Å². The Bertz CT molecular complexity index is 1000. The second-order valence-corrected chi connectivity index (χ2v) is 5.40. The van der Waals surface area contributed by atoms with Crippen molar-refractivity contribution in [1.29, 1.82) is 0 Å². The van der Waals surface area contributed by atoms with Gasteiger partial charge in [0.15, 0.2) is 5.76 Å². The van der Waals surface area contributed by atoms with Crippen LogP contribution in [0.3, 0.4) is 0 Å². The molecule has 3 rings (SSSR count). The Morgan fingerprint density at radius 2 is 2.07 bits per heavy atom. The van der Waals surface area contributed by atoms with E-state index >= 15 is 0 Å². The van der Waals surface area contributed by atoms with Crippen LogP contribution >= 0.6 is 0 Å². The monoisotopic (exact) mass is 369 g/mol. The molecule has 0 radical (unpaired) electrons. The fraction of sp³-hybridized carbons (Fsp3) is 0.118. The topological polar surface area (TPSA) is 125 Å². The molecule has 0 bridgehead atoms. The molecule has 1 N–H and O–H groups in total. The Hall–Kier alpha value is -3.95. The number of hydrogen-bond acceptors (Lipinski definition) is 7. The van der Waals surface area contributed by atoms with Gasteiger partial charge in [-0.25, -0.2) is 10.1 Å². The highest BCUT2D eigenvalue weighted by atomic mass is 16.6. The second-order valence-electron chi connectivity index (χ2n) is 5.40. The zero-order valence-corrected chi connectivity index (χ0v) is 14.4. The number of rotatable bonds is 6. The van der Waals surface area contributed by atoms with Gasteiger partial charge in [-0.15, -0.1) is 0 Å². The summed E-state index contributed by atoms with van der Waals surface area (Å²) in [6.45, 7) is 1.33. The average molecular weight is 369 g/mol. The van der Waals surface area contributed by atoms with Gasteiger partial charge in [0.05, 0.1) is 25.1 Å². The number of furan rings is 1. The van der Waals surface area contributed by atoms with Crippen molar-refractivity contribution >= 4 is 18.0 Å². The fourth-order valence-corrected chi connectivity index (χ4v) is 2.29. The van der Waals surface area contributed by atoms with Crippen LogP contribution in [0, 0.1) is 10.1 Å². The van der Waals surface area contributed by atoms with Gasteiger partial charge in [-0.2, -0.15) is 10.2 Å². The van der Waals surface area contributed by atoms with E-state index in [1.54, 1.807) is 42.3 Å². The van der Waals surface area contributed by atoms with Gasteiger partial charge >= 0.3 is 5.88 Å². The van der Waals surface area contributed by atoms with E-state index in [-0.39, 0.29) is 11.7 Å². The van der Waals surface area contributed by atoms with E-state index in [0.717, 1.165) is 5.69 Å². The third kappa shape index (κ3) is 4.00. The molecule has 0 unspecified atom stereocenters. The van der Waals surface area contributed by atoms with Gasteiger partial charge in [-0.1, -0.05) is 0 Å². The molecule has 2 aromatic heterocycles. The molecule has 138 valence electrons. The standard InChI is InChI=1S/C17H15N5O5/c1-11(23)19-18-9-12-10-21(13-3-5-14(26-2)6-4-13)20-17(12)15-7-8-16(27-15)22(24)25/h3-10H,1-2H3,(H,19,23). The maximum atomic E-state index is 11.0. The summed E-state index contributed by atoms with van der Waals surface area (Å²) in [4.78, 5) is 21.2. The highest BCUT2D eigenvalue weighted by molar-refractivity contribution is 5.88. The summed E-state index contributed by atoms with van der Waals surface area (Å²) in [6, 6.07) is 9.86. The molecule has 0 spiro atoms. The minimum Gasteiger partial charge on any atom is -0.497 e. The van der Waals surface area contributed by atoms with Crippen LogP contribution in [0.1, 0.15) is 12.5 Å². The van der Waals surface area contributed by atoms with E-state index in [4.69, 9.17) is 9.15 Å². The van der Waals surface area contributed by atoms with Gasteiger partial charge in [-0.3, -0.25) is 14.9 Å². The Balaban J connectivity index is 2.02. The molecule has 1 aromatic carbocycles. The summed E-state index contributed by atoms with van der Waals surface area (Å²) in [5.74, 6) is 0.177. The molecule has 0 atom stereocenters. The first kappa shape index (κ1) is 17.9. The Labute approximate surface area is 153 Å². The number of carbonyl (C=O) groups is 1. The van der Waals surface area contributed by atoms with Gasteiger partial charge in [0.25, 0.3) is 0 Å². The maximum Gasteiger partial charge on any atom is 0.433 e. The van der Waals surface area contributed by atoms with Crippen molar-refractivity contribution < 1.29 is 18.9 Å². The van der Waals surface area contributed by atoms with Crippen molar-refractivity contribution in [3.8, 4) is 22.9 Å². The van der Waals surface area contributed by atoms with E-state index in [0.29, 0.717) is 17.0 Å². The lowest BCUT2D eigenvalue weighted by molar-refractivity contribution is -0.401. The highest BCUT2D eigenvalue weighted by Gasteiger charge is 2.19. The predicted molar refractivity (Wildman–Crippen MR) is 95.9 cm³/mol. The van der Waals surface area contributed by atoms with E-state index in [1.807, 2.05) is 0 Å². The summed E-state index contributed by atoms with van der Waals surface area (Å²) in [5, 5.41) is 19.1. The van der Waals surface area contributed by atoms with E-state index in [9.17, 15) is 14.9 Å². The number of hydrazone groups is 1. The minimum absolute atomic E-state index is 0.207. The summed E-state index contributed by atoms with van der Waals surface area (Å²) in [7, 11) is 1.57. The number of amides is 1. The molecule has 10 heteroatoms. The molecule has 1 amide bonds. The van der Waals surface area contributed by atoms with Gasteiger partial charge < -0.3 is 9.15 Å². The Morgan fingerprint density at radius 1 is 1.33 bits per heavy atom. The quantitative estimate of drug-likeness (QED) is 0.404. The van der Waals surface area contributed by atoms with Crippen LogP contribution in [0.2, 0.25) is 0 Å². The molecule has 2 heterocycles. The first-order valence-electron chi connectivity index (χ1n) is 7.76. The molecule has 0 saturated heterocycles. The van der Waals surface area contributed by atoms with Crippen LogP contribution in [0.25, 0.3) is 17.1 Å². The van der Waals surface area contributed by atoms with Crippen molar-refractivity contribution in [1.82, 2.24) is 15.2 Å². The number of aromatic nitrogens is 2. The zero-order valence-electron chi connectivity index (χ0n) is 14.4. The van der Waals surface area contributed by atoms with Crippen molar-refractivity contribution in [2.45, 2.75) is 6.92 Å². The van der Waals surface area contributed by atoms with Crippen LogP contribution in [0.4, 0.5) is 5.88 Å². The predicted octanol–water partition coefficient (Wildman–Crippen LogP) is 2.52. The number of carbonyl (C=O) groups excluding carboxylic acids is 1. The number of benzene rings is 1. The molecular formula is C17H15N5O5. The lowest BCUT2D eigenvalue weighted by atomic mass is 10.2. The first-order valence-corrected chi connectivity index (χ1v) is 7.76. The molecule has 27 heavy (non-hydrogen) atoms. The number of nitrogens with one attached hydrogen (secondary N) is 1. The summed E-state index contributed by atoms with van der Waals surface area (Å²) in [6.07, 6.45) is 3.05. The van der Waals surface area contributed by atoms with E-state index in [1.165, 1.54) is 25.3 Å². The average Bonchev–Trinajstić information content (AvgIpc) is 3.28. The van der Waals surface area contributed by atoms with Crippen molar-refractivity contribution in [2.24, 2.45) is 5.10 Å².